The second kappa shape index (κ2) is 11.8. The van der Waals surface area contributed by atoms with E-state index < -0.39 is 61.5 Å². The van der Waals surface area contributed by atoms with Crippen LogP contribution in [0.2, 0.25) is 0 Å². The third kappa shape index (κ3) is 5.52. The molecule has 4 aromatic carbocycles. The van der Waals surface area contributed by atoms with Gasteiger partial charge in [-0.05, 0) is 6.07 Å². The van der Waals surface area contributed by atoms with Crippen molar-refractivity contribution in [3.05, 3.63) is 78.9 Å². The molecule has 0 spiro atoms. The van der Waals surface area contributed by atoms with Gasteiger partial charge < -0.3 is 9.97 Å². The third-order valence-electron chi connectivity index (χ3n) is 8.51. The second-order valence-electron chi connectivity index (χ2n) is 11.6. The fourth-order valence-electron chi connectivity index (χ4n) is 6.41. The summed E-state index contributed by atoms with van der Waals surface area (Å²) in [5.74, 6) is 0.356. The SMILES string of the molecule is O=S(=O)(O)c1cc2c3nc4nc(nc5[nH]c(nc6nc(nc([nH]3)c2c(S(=O)(=O)O)c1S(=O)(=O)O)-c1ccccc1-6)c1ccccc51)-c1ccccc1-4.[Zn]. The molecule has 0 aliphatic carbocycles. The Labute approximate surface area is 310 Å². The van der Waals surface area contributed by atoms with Crippen LogP contribution in [0.5, 0.6) is 0 Å². The van der Waals surface area contributed by atoms with E-state index in [1.54, 1.807) is 48.5 Å². The maximum Gasteiger partial charge on any atom is 0.297 e. The van der Waals surface area contributed by atoms with E-state index in [-0.39, 0.29) is 48.4 Å². The van der Waals surface area contributed by atoms with Gasteiger partial charge in [0.25, 0.3) is 30.4 Å². The van der Waals surface area contributed by atoms with Gasteiger partial charge in [-0.2, -0.15) is 25.3 Å². The molecule has 9 rings (SSSR count). The van der Waals surface area contributed by atoms with Crippen LogP contribution in [0.1, 0.15) is 0 Å². The van der Waals surface area contributed by atoms with E-state index in [0.717, 1.165) is 5.39 Å². The van der Waals surface area contributed by atoms with Crippen LogP contribution in [0.4, 0.5) is 0 Å². The van der Waals surface area contributed by atoms with Crippen molar-refractivity contribution in [2.75, 3.05) is 0 Å². The van der Waals surface area contributed by atoms with E-state index in [1.165, 1.54) is 0 Å². The first-order chi connectivity index (χ1) is 24.7. The summed E-state index contributed by atoms with van der Waals surface area (Å²) >= 11 is 0. The van der Waals surface area contributed by atoms with Crippen LogP contribution in [0, 0.1) is 0 Å². The summed E-state index contributed by atoms with van der Waals surface area (Å²) in [6.07, 6.45) is 0. The number of fused-ring (bicyclic) bond motifs is 20. The Morgan fingerprint density at radius 2 is 0.792 bits per heavy atom. The molecule has 21 heteroatoms. The van der Waals surface area contributed by atoms with Gasteiger partial charge in [0, 0.05) is 57.9 Å². The Balaban J connectivity index is 0.00000400. The molecule has 7 aromatic rings. The third-order valence-corrected chi connectivity index (χ3v) is 11.5. The van der Waals surface area contributed by atoms with Gasteiger partial charge in [0.05, 0.1) is 5.39 Å². The number of benzene rings is 4. The van der Waals surface area contributed by atoms with E-state index in [1.807, 2.05) is 24.3 Å². The largest absolute Gasteiger partial charge is 0.324 e. The molecule has 0 atom stereocenters. The van der Waals surface area contributed by atoms with E-state index >= 15 is 0 Å². The summed E-state index contributed by atoms with van der Waals surface area (Å²) in [5, 5.41) is 0.293. The summed E-state index contributed by atoms with van der Waals surface area (Å²) in [4.78, 5) is 29.1. The molecular formula is C32H18N8O9S3Zn. The van der Waals surface area contributed by atoms with Gasteiger partial charge in [-0.1, -0.05) is 72.8 Å². The van der Waals surface area contributed by atoms with Crippen molar-refractivity contribution >= 4 is 74.5 Å². The molecular weight excluding hydrogens is 802 g/mol. The molecule has 2 aliphatic rings. The fraction of sp³-hybridized carbons (Fsp3) is 0. The maximum absolute atomic E-state index is 13.0. The summed E-state index contributed by atoms with van der Waals surface area (Å²) in [6.45, 7) is 0. The number of nitrogens with one attached hydrogen (secondary N) is 2. The van der Waals surface area contributed by atoms with Crippen LogP contribution in [-0.2, 0) is 49.8 Å². The first kappa shape index (κ1) is 34.7. The standard InChI is InChI=1S/C32H18N8O9S3.Zn/c41-50(42,43)21-13-20-22(24(52(47,48)49)23(21)51(44,45)46)32-39-30-19-12-6-5-11-18(19)28(37-30)35-26-15-8-2-1-7-14(15)25(33-26)34-27-16-9-3-4-10-17(16)29(36-27)38-31(20)40-32;/h1-13H,(H,41,42,43)(H,44,45,46)(H,47,48,49)(H2,33,34,35,36,37,38,39,40);. The molecule has 5 heterocycles. The van der Waals surface area contributed by atoms with Crippen LogP contribution in [-0.4, -0.2) is 78.8 Å². The minimum absolute atomic E-state index is 0. The number of aromatic amines is 2. The number of hydrogen-bond donors (Lipinski definition) is 5. The Morgan fingerprint density at radius 1 is 0.434 bits per heavy atom. The zero-order chi connectivity index (χ0) is 36.3. The molecule has 3 aromatic heterocycles. The topological polar surface area (TPSA) is 272 Å². The molecule has 0 radical (unpaired) electrons. The normalized spacial score (nSPS) is 12.7. The zero-order valence-corrected chi connectivity index (χ0v) is 31.8. The Hall–Kier alpha value is -5.41. The molecule has 0 saturated carbocycles. The average Bonchev–Trinajstić information content (AvgIpc) is 3.82. The number of rotatable bonds is 3. The summed E-state index contributed by atoms with van der Waals surface area (Å²) in [7, 11) is -17.1. The summed E-state index contributed by atoms with van der Waals surface area (Å²) in [6, 6.07) is 21.7. The summed E-state index contributed by atoms with van der Waals surface area (Å²) in [5.41, 5.74) is 1.95. The van der Waals surface area contributed by atoms with Crippen molar-refractivity contribution in [3.63, 3.8) is 0 Å². The predicted molar refractivity (Wildman–Crippen MR) is 185 cm³/mol. The Kier molecular flexibility index (Phi) is 7.72. The van der Waals surface area contributed by atoms with E-state index in [9.17, 15) is 38.9 Å². The van der Waals surface area contributed by atoms with Crippen LogP contribution in [0.3, 0.4) is 0 Å². The van der Waals surface area contributed by atoms with Crippen molar-refractivity contribution in [1.82, 2.24) is 39.9 Å². The molecule has 0 unspecified atom stereocenters. The van der Waals surface area contributed by atoms with Gasteiger partial charge >= 0.3 is 0 Å². The molecule has 17 nitrogen and oxygen atoms in total. The van der Waals surface area contributed by atoms with Gasteiger partial charge in [-0.3, -0.25) is 13.7 Å². The van der Waals surface area contributed by atoms with Gasteiger partial charge in [0.1, 0.15) is 37.3 Å². The number of H-pyrrole nitrogens is 2. The van der Waals surface area contributed by atoms with Gasteiger partial charge in [0.2, 0.25) is 0 Å². The van der Waals surface area contributed by atoms with Crippen LogP contribution < -0.4 is 0 Å². The molecule has 260 valence electrons. The van der Waals surface area contributed by atoms with Crippen molar-refractivity contribution in [3.8, 4) is 45.6 Å². The predicted octanol–water partition coefficient (Wildman–Crippen LogP) is 4.61. The summed E-state index contributed by atoms with van der Waals surface area (Å²) < 4.78 is 107. The molecule has 0 fully saturated rings. The van der Waals surface area contributed by atoms with Crippen LogP contribution >= 0.6 is 0 Å². The first-order valence-corrected chi connectivity index (χ1v) is 19.2. The van der Waals surface area contributed by atoms with Crippen molar-refractivity contribution in [2.24, 2.45) is 0 Å². The minimum atomic E-state index is -5.78. The maximum atomic E-state index is 13.0. The molecule has 2 aliphatic heterocycles. The quantitative estimate of drug-likeness (QED) is 0.120. The fourth-order valence-corrected chi connectivity index (χ4v) is 9.80. The van der Waals surface area contributed by atoms with Crippen molar-refractivity contribution in [1.29, 1.82) is 0 Å². The zero-order valence-electron chi connectivity index (χ0n) is 26.4. The number of hydrogen-bond acceptors (Lipinski definition) is 12. The Bertz CT molecular complexity index is 3300. The van der Waals surface area contributed by atoms with Crippen molar-refractivity contribution < 1.29 is 58.4 Å². The Morgan fingerprint density at radius 3 is 1.19 bits per heavy atom. The van der Waals surface area contributed by atoms with Crippen LogP contribution in [0.15, 0.2) is 93.5 Å². The second-order valence-corrected chi connectivity index (χ2v) is 15.7. The van der Waals surface area contributed by atoms with E-state index in [4.69, 9.17) is 9.97 Å². The van der Waals surface area contributed by atoms with Crippen molar-refractivity contribution in [2.45, 2.75) is 14.7 Å². The van der Waals surface area contributed by atoms with Crippen LogP contribution in [0.25, 0.3) is 89.7 Å². The smallest absolute Gasteiger partial charge is 0.297 e. The van der Waals surface area contributed by atoms with Gasteiger partial charge in [-0.25, -0.2) is 29.9 Å². The first-order valence-electron chi connectivity index (χ1n) is 14.9. The monoisotopic (exact) mass is 818 g/mol. The molecule has 0 saturated heterocycles. The average molecular weight is 820 g/mol. The van der Waals surface area contributed by atoms with E-state index in [0.29, 0.717) is 45.0 Å². The molecule has 53 heavy (non-hydrogen) atoms. The molecule has 8 bridgehead atoms. The number of nitrogens with zero attached hydrogens (tertiary/aromatic N) is 6. The van der Waals surface area contributed by atoms with E-state index in [2.05, 4.69) is 29.9 Å². The molecule has 0 amide bonds. The molecule has 5 N–H and O–H groups in total. The van der Waals surface area contributed by atoms with Gasteiger partial charge in [0.15, 0.2) is 23.3 Å². The minimum Gasteiger partial charge on any atom is -0.324 e. The van der Waals surface area contributed by atoms with Gasteiger partial charge in [-0.15, -0.1) is 0 Å². The number of aromatic nitrogens is 8.